The van der Waals surface area contributed by atoms with Crippen LogP contribution in [0.4, 0.5) is 0 Å². The van der Waals surface area contributed by atoms with Crippen LogP contribution in [0.5, 0.6) is 0 Å². The maximum Gasteiger partial charge on any atom is 0.240 e. The molecule has 3 aromatic rings. The monoisotopic (exact) mass is 300 g/mol. The summed E-state index contributed by atoms with van der Waals surface area (Å²) in [5, 5.41) is 1.11. The number of nitrogens with zero attached hydrogens (tertiary/aromatic N) is 1. The summed E-state index contributed by atoms with van der Waals surface area (Å²) >= 11 is 0. The second-order valence-electron chi connectivity index (χ2n) is 4.89. The molecule has 3 rings (SSSR count). The number of benzene rings is 2. The van der Waals surface area contributed by atoms with Crippen molar-refractivity contribution in [2.45, 2.75) is 11.4 Å². The second kappa shape index (κ2) is 5.35. The third-order valence-electron chi connectivity index (χ3n) is 3.55. The predicted octanol–water partition coefficient (Wildman–Crippen LogP) is 2.66. The zero-order valence-electron chi connectivity index (χ0n) is 11.7. The number of hydrogen-bond acceptors (Lipinski definition) is 2. The highest BCUT2D eigenvalue weighted by Crippen LogP contribution is 2.18. The first-order chi connectivity index (χ1) is 10.1. The Morgan fingerprint density at radius 1 is 1.00 bits per heavy atom. The minimum Gasteiger partial charge on any atom is -0.346 e. The maximum absolute atomic E-state index is 12.2. The summed E-state index contributed by atoms with van der Waals surface area (Å²) in [7, 11) is -1.54. The molecule has 1 N–H and O–H groups in total. The Balaban J connectivity index is 1.85. The fraction of sp³-hybridized carbons (Fsp3) is 0.125. The number of sulfonamides is 1. The van der Waals surface area contributed by atoms with E-state index in [1.807, 2.05) is 41.9 Å². The van der Waals surface area contributed by atoms with Crippen LogP contribution in [0.2, 0.25) is 0 Å². The van der Waals surface area contributed by atoms with Crippen molar-refractivity contribution in [2.24, 2.45) is 7.05 Å². The molecule has 0 aliphatic rings. The average molecular weight is 300 g/mol. The SMILES string of the molecule is Cn1c(CNS(=O)(=O)c2ccccc2)cc2ccccc21. The van der Waals surface area contributed by atoms with E-state index in [1.54, 1.807) is 30.3 Å². The third-order valence-corrected chi connectivity index (χ3v) is 4.97. The van der Waals surface area contributed by atoms with Crippen LogP contribution in [-0.2, 0) is 23.6 Å². The van der Waals surface area contributed by atoms with Crippen LogP contribution in [-0.4, -0.2) is 13.0 Å². The van der Waals surface area contributed by atoms with Crippen LogP contribution in [0.25, 0.3) is 10.9 Å². The number of aromatic nitrogens is 1. The first kappa shape index (κ1) is 13.9. The van der Waals surface area contributed by atoms with E-state index in [9.17, 15) is 8.42 Å². The lowest BCUT2D eigenvalue weighted by atomic mass is 10.2. The van der Waals surface area contributed by atoms with Crippen molar-refractivity contribution in [3.8, 4) is 0 Å². The molecule has 2 aromatic carbocycles. The molecule has 1 aromatic heterocycles. The van der Waals surface area contributed by atoms with E-state index >= 15 is 0 Å². The van der Waals surface area contributed by atoms with Gasteiger partial charge in [-0.2, -0.15) is 0 Å². The van der Waals surface area contributed by atoms with Crippen molar-refractivity contribution in [1.29, 1.82) is 0 Å². The van der Waals surface area contributed by atoms with Crippen molar-refractivity contribution in [2.75, 3.05) is 0 Å². The molecule has 0 atom stereocenters. The van der Waals surface area contributed by atoms with E-state index < -0.39 is 10.0 Å². The Morgan fingerprint density at radius 3 is 2.38 bits per heavy atom. The normalized spacial score (nSPS) is 11.9. The van der Waals surface area contributed by atoms with Gasteiger partial charge in [0.25, 0.3) is 0 Å². The summed E-state index contributed by atoms with van der Waals surface area (Å²) in [5.74, 6) is 0. The van der Waals surface area contributed by atoms with Crippen molar-refractivity contribution in [3.05, 3.63) is 66.4 Å². The third kappa shape index (κ3) is 2.70. The molecule has 0 saturated heterocycles. The lowest BCUT2D eigenvalue weighted by molar-refractivity contribution is 0.579. The van der Waals surface area contributed by atoms with E-state index in [2.05, 4.69) is 4.72 Å². The first-order valence-electron chi connectivity index (χ1n) is 6.66. The van der Waals surface area contributed by atoms with Gasteiger partial charge in [-0.05, 0) is 29.7 Å². The van der Waals surface area contributed by atoms with Crippen molar-refractivity contribution in [3.63, 3.8) is 0 Å². The lowest BCUT2D eigenvalue weighted by Crippen LogP contribution is -2.24. The van der Waals surface area contributed by atoms with Gasteiger partial charge in [-0.15, -0.1) is 0 Å². The van der Waals surface area contributed by atoms with Gasteiger partial charge in [-0.3, -0.25) is 0 Å². The number of hydrogen-bond donors (Lipinski definition) is 1. The summed E-state index contributed by atoms with van der Waals surface area (Å²) in [6.07, 6.45) is 0. The molecule has 0 unspecified atom stereocenters. The molecule has 0 aliphatic heterocycles. The molecule has 0 bridgehead atoms. The molecule has 21 heavy (non-hydrogen) atoms. The molecule has 5 heteroatoms. The van der Waals surface area contributed by atoms with Crippen LogP contribution in [0, 0.1) is 0 Å². The Bertz CT molecular complexity index is 868. The highest BCUT2D eigenvalue weighted by Gasteiger charge is 2.14. The molecule has 0 fully saturated rings. The van der Waals surface area contributed by atoms with Gasteiger partial charge in [-0.1, -0.05) is 36.4 Å². The van der Waals surface area contributed by atoms with Crippen molar-refractivity contribution >= 4 is 20.9 Å². The van der Waals surface area contributed by atoms with Crippen LogP contribution in [0.1, 0.15) is 5.69 Å². The molecular formula is C16H16N2O2S. The molecule has 0 radical (unpaired) electrons. The summed E-state index contributed by atoms with van der Waals surface area (Å²) in [6, 6.07) is 18.4. The maximum atomic E-state index is 12.2. The summed E-state index contributed by atoms with van der Waals surface area (Å²) in [6.45, 7) is 0.266. The molecule has 4 nitrogen and oxygen atoms in total. The summed E-state index contributed by atoms with van der Waals surface area (Å²) in [4.78, 5) is 0.281. The van der Waals surface area contributed by atoms with Gasteiger partial charge in [0.05, 0.1) is 11.4 Å². The molecule has 0 spiro atoms. The molecular weight excluding hydrogens is 284 g/mol. The summed E-state index contributed by atoms with van der Waals surface area (Å²) < 4.78 is 29.1. The highest BCUT2D eigenvalue weighted by molar-refractivity contribution is 7.89. The van der Waals surface area contributed by atoms with E-state index in [-0.39, 0.29) is 11.4 Å². The minimum absolute atomic E-state index is 0.266. The van der Waals surface area contributed by atoms with Crippen molar-refractivity contribution in [1.82, 2.24) is 9.29 Å². The second-order valence-corrected chi connectivity index (χ2v) is 6.66. The van der Waals surface area contributed by atoms with Gasteiger partial charge in [-0.25, -0.2) is 13.1 Å². The van der Waals surface area contributed by atoms with Gasteiger partial charge in [0.2, 0.25) is 10.0 Å². The minimum atomic E-state index is -3.48. The number of aryl methyl sites for hydroxylation is 1. The number of para-hydroxylation sites is 1. The zero-order chi connectivity index (χ0) is 14.9. The molecule has 108 valence electrons. The lowest BCUT2D eigenvalue weighted by Gasteiger charge is -2.08. The van der Waals surface area contributed by atoms with E-state index in [0.29, 0.717) is 0 Å². The Kier molecular flexibility index (Phi) is 3.53. The van der Waals surface area contributed by atoms with E-state index in [1.165, 1.54) is 0 Å². The molecule has 1 heterocycles. The van der Waals surface area contributed by atoms with Gasteiger partial charge >= 0.3 is 0 Å². The highest BCUT2D eigenvalue weighted by atomic mass is 32.2. The Morgan fingerprint density at radius 2 is 1.67 bits per heavy atom. The standard InChI is InChI=1S/C16H16N2O2S/c1-18-14(11-13-7-5-6-10-16(13)18)12-17-21(19,20)15-8-3-2-4-9-15/h2-11,17H,12H2,1H3. The topological polar surface area (TPSA) is 51.1 Å². The van der Waals surface area contributed by atoms with Crippen LogP contribution in [0.15, 0.2) is 65.6 Å². The smallest absolute Gasteiger partial charge is 0.240 e. The molecule has 0 saturated carbocycles. The zero-order valence-corrected chi connectivity index (χ0v) is 12.5. The average Bonchev–Trinajstić information content (AvgIpc) is 2.83. The van der Waals surface area contributed by atoms with Crippen molar-refractivity contribution < 1.29 is 8.42 Å². The first-order valence-corrected chi connectivity index (χ1v) is 8.14. The molecule has 0 amide bonds. The molecule has 0 aliphatic carbocycles. The number of fused-ring (bicyclic) bond motifs is 1. The van der Waals surface area contributed by atoms with Gasteiger partial charge in [0, 0.05) is 18.3 Å². The predicted molar refractivity (Wildman–Crippen MR) is 83.4 cm³/mol. The number of rotatable bonds is 4. The van der Waals surface area contributed by atoms with E-state index in [0.717, 1.165) is 16.6 Å². The fourth-order valence-electron chi connectivity index (χ4n) is 2.37. The largest absolute Gasteiger partial charge is 0.346 e. The van der Waals surface area contributed by atoms with Crippen LogP contribution >= 0.6 is 0 Å². The quantitative estimate of drug-likeness (QED) is 0.805. The van der Waals surface area contributed by atoms with Gasteiger partial charge in [0.1, 0.15) is 0 Å². The van der Waals surface area contributed by atoms with Gasteiger partial charge < -0.3 is 4.57 Å². The van der Waals surface area contributed by atoms with Gasteiger partial charge in [0.15, 0.2) is 0 Å². The van der Waals surface area contributed by atoms with Crippen LogP contribution < -0.4 is 4.72 Å². The fourth-order valence-corrected chi connectivity index (χ4v) is 3.39. The summed E-state index contributed by atoms with van der Waals surface area (Å²) in [5.41, 5.74) is 2.02. The number of nitrogens with one attached hydrogen (secondary N) is 1. The van der Waals surface area contributed by atoms with Crippen LogP contribution in [0.3, 0.4) is 0 Å². The Hall–Kier alpha value is -2.11. The van der Waals surface area contributed by atoms with E-state index in [4.69, 9.17) is 0 Å². The Labute approximate surface area is 124 Å².